The molecular weight excluding hydrogens is 468 g/mol. The minimum Gasteiger partial charge on any atom is -0.303 e. The number of sulfonamides is 1. The molecule has 0 aliphatic rings. The lowest BCUT2D eigenvalue weighted by Crippen LogP contribution is -2.46. The second-order valence-corrected chi connectivity index (χ2v) is 10.4. The molecule has 0 fully saturated rings. The molecule has 1 aromatic carbocycles. The average molecular weight is 493 g/mol. The Morgan fingerprint density at radius 2 is 1.97 bits per heavy atom. The van der Waals surface area contributed by atoms with E-state index in [2.05, 4.69) is 25.2 Å². The molecule has 0 aliphatic heterocycles. The van der Waals surface area contributed by atoms with Crippen LogP contribution in [-0.4, -0.2) is 40.1 Å². The number of aromatic nitrogens is 4. The van der Waals surface area contributed by atoms with Crippen LogP contribution >= 0.6 is 23.6 Å². The lowest BCUT2D eigenvalue weighted by atomic mass is 10.1. The lowest BCUT2D eigenvalue weighted by Gasteiger charge is -2.20. The van der Waals surface area contributed by atoms with Crippen LogP contribution in [-0.2, 0) is 21.9 Å². The van der Waals surface area contributed by atoms with Crippen molar-refractivity contribution >= 4 is 50.7 Å². The van der Waals surface area contributed by atoms with Gasteiger partial charge in [0.2, 0.25) is 15.9 Å². The van der Waals surface area contributed by atoms with E-state index in [0.717, 1.165) is 15.8 Å². The first-order valence-corrected chi connectivity index (χ1v) is 12.5. The summed E-state index contributed by atoms with van der Waals surface area (Å²) >= 11 is 6.39. The smallest absolute Gasteiger partial charge is 0.244 e. The Morgan fingerprint density at radius 1 is 1.28 bits per heavy atom. The number of rotatable bonds is 8. The number of carbonyl (C=O) groups excluding carboxylic acids is 1. The first-order chi connectivity index (χ1) is 15.1. The predicted octanol–water partition coefficient (Wildman–Crippen LogP) is 3.46. The molecule has 2 heterocycles. The molecule has 1 amide bonds. The topological polar surface area (TPSA) is 122 Å². The quantitative estimate of drug-likeness (QED) is 0.414. The van der Waals surface area contributed by atoms with Crippen LogP contribution in [0, 0.1) is 17.6 Å². The van der Waals surface area contributed by atoms with Crippen molar-refractivity contribution in [1.82, 2.24) is 24.5 Å². The number of nitrogens with zero attached hydrogens (tertiary/aromatic N) is 3. The standard InChI is InChI=1S/C20H24N6O3S3/c1-12(2)15(25-32(28,29)11-10-14-8-6-5-7-9-14)18(27)22-19-21-13(3)16(31-19)17-23-24-20(30)26(17)4/h5-12,15,25H,1-4H3,(H,24,30)(H,21,22,27). The molecule has 12 heteroatoms. The van der Waals surface area contributed by atoms with Gasteiger partial charge in [0.1, 0.15) is 6.04 Å². The molecule has 2 aromatic heterocycles. The van der Waals surface area contributed by atoms with E-state index in [1.807, 2.05) is 18.2 Å². The number of aryl methyl sites for hydroxylation is 1. The van der Waals surface area contributed by atoms with Crippen LogP contribution in [0.4, 0.5) is 5.13 Å². The normalized spacial score (nSPS) is 13.0. The molecule has 3 rings (SSSR count). The predicted molar refractivity (Wildman–Crippen MR) is 129 cm³/mol. The van der Waals surface area contributed by atoms with Gasteiger partial charge in [-0.1, -0.05) is 55.5 Å². The van der Waals surface area contributed by atoms with Crippen molar-refractivity contribution < 1.29 is 13.2 Å². The third-order valence-corrected chi connectivity index (χ3v) is 7.10. The fourth-order valence-corrected chi connectivity index (χ4v) is 5.11. The van der Waals surface area contributed by atoms with Crippen molar-refractivity contribution in [2.24, 2.45) is 13.0 Å². The highest BCUT2D eigenvalue weighted by atomic mass is 32.2. The van der Waals surface area contributed by atoms with Gasteiger partial charge >= 0.3 is 0 Å². The van der Waals surface area contributed by atoms with Crippen molar-refractivity contribution in [2.45, 2.75) is 26.8 Å². The van der Waals surface area contributed by atoms with Crippen molar-refractivity contribution in [2.75, 3.05) is 5.32 Å². The van der Waals surface area contributed by atoms with E-state index in [1.165, 1.54) is 17.4 Å². The van der Waals surface area contributed by atoms with Crippen LogP contribution in [0.3, 0.4) is 0 Å². The van der Waals surface area contributed by atoms with Crippen LogP contribution < -0.4 is 10.0 Å². The Hall–Kier alpha value is -2.67. The Kier molecular flexibility index (Phi) is 7.39. The highest BCUT2D eigenvalue weighted by Gasteiger charge is 2.27. The second kappa shape index (κ2) is 9.86. The Morgan fingerprint density at radius 3 is 2.56 bits per heavy atom. The summed E-state index contributed by atoms with van der Waals surface area (Å²) in [4.78, 5) is 18.0. The van der Waals surface area contributed by atoms with Crippen LogP contribution in [0.1, 0.15) is 25.1 Å². The van der Waals surface area contributed by atoms with Gasteiger partial charge in [-0.15, -0.1) is 0 Å². The summed E-state index contributed by atoms with van der Waals surface area (Å²) in [5.41, 5.74) is 1.41. The molecule has 0 aliphatic carbocycles. The maximum atomic E-state index is 12.9. The summed E-state index contributed by atoms with van der Waals surface area (Å²) in [5, 5.41) is 11.0. The second-order valence-electron chi connectivity index (χ2n) is 7.43. The van der Waals surface area contributed by atoms with E-state index < -0.39 is 22.0 Å². The SMILES string of the molecule is Cc1nc(NC(=O)C(NS(=O)(=O)C=Cc2ccccc2)C(C)C)sc1-c1n[nH]c(=S)n1C. The van der Waals surface area contributed by atoms with Gasteiger partial charge in [0, 0.05) is 12.5 Å². The fraction of sp³-hybridized carbons (Fsp3) is 0.300. The van der Waals surface area contributed by atoms with Gasteiger partial charge in [-0.25, -0.2) is 13.4 Å². The van der Waals surface area contributed by atoms with Crippen molar-refractivity contribution in [3.63, 3.8) is 0 Å². The van der Waals surface area contributed by atoms with Crippen LogP contribution in [0.15, 0.2) is 35.7 Å². The molecular formula is C20H24N6O3S3. The summed E-state index contributed by atoms with van der Waals surface area (Å²) in [7, 11) is -2.06. The van der Waals surface area contributed by atoms with Gasteiger partial charge in [-0.2, -0.15) is 9.82 Å². The van der Waals surface area contributed by atoms with Gasteiger partial charge in [0.05, 0.1) is 10.6 Å². The van der Waals surface area contributed by atoms with E-state index in [0.29, 0.717) is 21.4 Å². The molecule has 170 valence electrons. The first kappa shape index (κ1) is 24.0. The van der Waals surface area contributed by atoms with Crippen LogP contribution in [0.2, 0.25) is 0 Å². The number of H-pyrrole nitrogens is 1. The van der Waals surface area contributed by atoms with Crippen molar-refractivity contribution in [3.05, 3.63) is 51.8 Å². The van der Waals surface area contributed by atoms with E-state index in [9.17, 15) is 13.2 Å². The average Bonchev–Trinajstić information content (AvgIpc) is 3.26. The summed E-state index contributed by atoms with van der Waals surface area (Å²) < 4.78 is 29.7. The van der Waals surface area contributed by atoms with E-state index in [1.54, 1.807) is 44.5 Å². The largest absolute Gasteiger partial charge is 0.303 e. The highest BCUT2D eigenvalue weighted by Crippen LogP contribution is 2.31. The Labute approximate surface area is 195 Å². The van der Waals surface area contributed by atoms with Crippen molar-refractivity contribution in [3.8, 4) is 10.7 Å². The molecule has 3 aromatic rings. The number of hydrogen-bond donors (Lipinski definition) is 3. The third kappa shape index (κ3) is 5.76. The number of hydrogen-bond acceptors (Lipinski definition) is 7. The molecule has 0 saturated carbocycles. The fourth-order valence-electron chi connectivity index (χ4n) is 2.83. The van der Waals surface area contributed by atoms with Crippen LogP contribution in [0.5, 0.6) is 0 Å². The number of thiazole rings is 1. The molecule has 1 atom stereocenters. The molecule has 0 spiro atoms. The summed E-state index contributed by atoms with van der Waals surface area (Å²) in [5.74, 6) is -0.174. The molecule has 9 nitrogen and oxygen atoms in total. The van der Waals surface area contributed by atoms with Crippen LogP contribution in [0.25, 0.3) is 16.8 Å². The number of benzene rings is 1. The van der Waals surface area contributed by atoms with E-state index in [-0.39, 0.29) is 5.92 Å². The third-order valence-electron chi connectivity index (χ3n) is 4.59. The lowest BCUT2D eigenvalue weighted by molar-refractivity contribution is -0.118. The number of aromatic amines is 1. The van der Waals surface area contributed by atoms with Gasteiger partial charge in [0.15, 0.2) is 15.7 Å². The highest BCUT2D eigenvalue weighted by molar-refractivity contribution is 7.92. The molecule has 0 saturated heterocycles. The maximum absolute atomic E-state index is 12.9. The maximum Gasteiger partial charge on any atom is 0.244 e. The van der Waals surface area contributed by atoms with Gasteiger partial charge < -0.3 is 9.88 Å². The van der Waals surface area contributed by atoms with Gasteiger partial charge in [-0.3, -0.25) is 9.89 Å². The van der Waals surface area contributed by atoms with Gasteiger partial charge in [0.25, 0.3) is 0 Å². The van der Waals surface area contributed by atoms with Gasteiger partial charge in [-0.05, 0) is 36.7 Å². The van der Waals surface area contributed by atoms with E-state index >= 15 is 0 Å². The number of nitrogens with one attached hydrogen (secondary N) is 3. The monoisotopic (exact) mass is 492 g/mol. The Balaban J connectivity index is 1.76. The first-order valence-electron chi connectivity index (χ1n) is 9.73. The van der Waals surface area contributed by atoms with E-state index in [4.69, 9.17) is 12.2 Å². The zero-order valence-electron chi connectivity index (χ0n) is 18.0. The molecule has 0 bridgehead atoms. The molecule has 0 radical (unpaired) electrons. The zero-order chi connectivity index (χ0) is 23.5. The number of carbonyl (C=O) groups is 1. The Bertz CT molecular complexity index is 1290. The minimum atomic E-state index is -3.85. The molecule has 3 N–H and O–H groups in total. The van der Waals surface area contributed by atoms with Crippen molar-refractivity contribution in [1.29, 1.82) is 0 Å². The molecule has 32 heavy (non-hydrogen) atoms. The summed E-state index contributed by atoms with van der Waals surface area (Å²) in [6.45, 7) is 5.33. The summed E-state index contributed by atoms with van der Waals surface area (Å²) in [6, 6.07) is 8.07. The minimum absolute atomic E-state index is 0.289. The molecule has 1 unspecified atom stereocenters. The zero-order valence-corrected chi connectivity index (χ0v) is 20.4. The summed E-state index contributed by atoms with van der Waals surface area (Å²) in [6.07, 6.45) is 1.48. The number of amides is 1. The number of anilines is 1.